The number of rotatable bonds is 5. The minimum atomic E-state index is -4.47. The van der Waals surface area contributed by atoms with Gasteiger partial charge in [-0.05, 0) is 29.7 Å². The van der Waals surface area contributed by atoms with Gasteiger partial charge in [0.1, 0.15) is 0 Å². The van der Waals surface area contributed by atoms with E-state index in [-0.39, 0.29) is 12.1 Å². The van der Waals surface area contributed by atoms with E-state index in [9.17, 15) is 18.0 Å². The molecule has 0 fully saturated rings. The molecule has 0 radical (unpaired) electrons. The first-order chi connectivity index (χ1) is 10.8. The Labute approximate surface area is 132 Å². The Morgan fingerprint density at radius 3 is 2.35 bits per heavy atom. The van der Waals surface area contributed by atoms with Crippen LogP contribution in [0.15, 0.2) is 48.5 Å². The molecule has 3 N–H and O–H groups in total. The van der Waals surface area contributed by atoms with Gasteiger partial charge in [0.2, 0.25) is 5.91 Å². The van der Waals surface area contributed by atoms with E-state index in [0.29, 0.717) is 11.1 Å². The highest BCUT2D eigenvalue weighted by Crippen LogP contribution is 2.35. The van der Waals surface area contributed by atoms with Gasteiger partial charge in [-0.15, -0.1) is 0 Å². The largest absolute Gasteiger partial charge is 0.416 e. The number of alkyl halides is 3. The first-order valence-corrected chi connectivity index (χ1v) is 7.07. The summed E-state index contributed by atoms with van der Waals surface area (Å²) >= 11 is 0. The van der Waals surface area contributed by atoms with Crippen molar-refractivity contribution in [3.63, 3.8) is 0 Å². The molecule has 0 aliphatic heterocycles. The van der Waals surface area contributed by atoms with Gasteiger partial charge in [-0.2, -0.15) is 13.2 Å². The van der Waals surface area contributed by atoms with Gasteiger partial charge < -0.3 is 11.1 Å². The molecular weight excluding hydrogens is 305 g/mol. The standard InChI is InChI=1S/C17H17F3N2O/c1-11(16(21)23)22-10-14-8-7-13(9-15(14)17(18,19)20)12-5-3-2-4-6-12/h2-9,11,22H,10H2,1H3,(H2,21,23)/t11-/m0/s1. The number of amides is 1. The fraction of sp³-hybridized carbons (Fsp3) is 0.235. The van der Waals surface area contributed by atoms with E-state index in [1.807, 2.05) is 0 Å². The first-order valence-electron chi connectivity index (χ1n) is 7.07. The van der Waals surface area contributed by atoms with Crippen LogP contribution in [-0.4, -0.2) is 11.9 Å². The monoisotopic (exact) mass is 322 g/mol. The van der Waals surface area contributed by atoms with Gasteiger partial charge >= 0.3 is 6.18 Å². The maximum atomic E-state index is 13.3. The van der Waals surface area contributed by atoms with Crippen molar-refractivity contribution in [1.82, 2.24) is 5.32 Å². The zero-order chi connectivity index (χ0) is 17.0. The molecule has 0 spiro atoms. The van der Waals surface area contributed by atoms with Crippen LogP contribution in [-0.2, 0) is 17.5 Å². The fourth-order valence-corrected chi connectivity index (χ4v) is 2.17. The highest BCUT2D eigenvalue weighted by atomic mass is 19.4. The summed E-state index contributed by atoms with van der Waals surface area (Å²) < 4.78 is 39.9. The summed E-state index contributed by atoms with van der Waals surface area (Å²) in [5, 5.41) is 2.70. The third kappa shape index (κ3) is 4.32. The minimum Gasteiger partial charge on any atom is -0.368 e. The molecule has 0 unspecified atom stereocenters. The van der Waals surface area contributed by atoms with E-state index >= 15 is 0 Å². The zero-order valence-electron chi connectivity index (χ0n) is 12.5. The molecule has 0 saturated carbocycles. The van der Waals surface area contributed by atoms with Crippen molar-refractivity contribution in [2.24, 2.45) is 5.73 Å². The number of nitrogens with two attached hydrogens (primary N) is 1. The van der Waals surface area contributed by atoms with E-state index in [1.54, 1.807) is 36.4 Å². The quantitative estimate of drug-likeness (QED) is 0.887. The lowest BCUT2D eigenvalue weighted by Gasteiger charge is -2.17. The third-order valence-corrected chi connectivity index (χ3v) is 3.55. The number of nitrogens with one attached hydrogen (secondary N) is 1. The van der Waals surface area contributed by atoms with Crippen molar-refractivity contribution in [2.45, 2.75) is 25.7 Å². The second kappa shape index (κ2) is 6.83. The molecule has 3 nitrogen and oxygen atoms in total. The van der Waals surface area contributed by atoms with Gasteiger partial charge in [-0.3, -0.25) is 4.79 Å². The van der Waals surface area contributed by atoms with Crippen LogP contribution in [0.1, 0.15) is 18.1 Å². The van der Waals surface area contributed by atoms with Crippen LogP contribution < -0.4 is 11.1 Å². The van der Waals surface area contributed by atoms with Gasteiger partial charge in [0.05, 0.1) is 11.6 Å². The summed E-state index contributed by atoms with van der Waals surface area (Å²) in [5.74, 6) is -0.612. The zero-order valence-corrected chi connectivity index (χ0v) is 12.5. The maximum Gasteiger partial charge on any atom is 0.416 e. The number of hydrogen-bond acceptors (Lipinski definition) is 2. The minimum absolute atomic E-state index is 0.0743. The van der Waals surface area contributed by atoms with E-state index < -0.39 is 23.7 Å². The fourth-order valence-electron chi connectivity index (χ4n) is 2.17. The van der Waals surface area contributed by atoms with Gasteiger partial charge in [0.25, 0.3) is 0 Å². The second-order valence-corrected chi connectivity index (χ2v) is 5.24. The third-order valence-electron chi connectivity index (χ3n) is 3.55. The summed E-state index contributed by atoms with van der Waals surface area (Å²) in [4.78, 5) is 11.0. The first kappa shape index (κ1) is 17.0. The molecule has 2 rings (SSSR count). The molecule has 23 heavy (non-hydrogen) atoms. The average Bonchev–Trinajstić information content (AvgIpc) is 2.52. The SMILES string of the molecule is C[C@H](NCc1ccc(-c2ccccc2)cc1C(F)(F)F)C(N)=O. The van der Waals surface area contributed by atoms with Crippen LogP contribution in [0.2, 0.25) is 0 Å². The Morgan fingerprint density at radius 2 is 1.78 bits per heavy atom. The van der Waals surface area contributed by atoms with Gasteiger partial charge in [0, 0.05) is 6.54 Å². The predicted molar refractivity (Wildman–Crippen MR) is 82.4 cm³/mol. The van der Waals surface area contributed by atoms with Crippen LogP contribution in [0.5, 0.6) is 0 Å². The average molecular weight is 322 g/mol. The van der Waals surface area contributed by atoms with Crippen LogP contribution in [0.25, 0.3) is 11.1 Å². The van der Waals surface area contributed by atoms with Crippen LogP contribution in [0.4, 0.5) is 13.2 Å². The molecule has 6 heteroatoms. The normalized spacial score (nSPS) is 12.9. The summed E-state index contributed by atoms with van der Waals surface area (Å²) in [5.41, 5.74) is 5.66. The van der Waals surface area contributed by atoms with Gasteiger partial charge in [-0.25, -0.2) is 0 Å². The predicted octanol–water partition coefficient (Wildman–Crippen LogP) is 3.34. The molecule has 0 aliphatic carbocycles. The van der Waals surface area contributed by atoms with Crippen molar-refractivity contribution in [1.29, 1.82) is 0 Å². The highest BCUT2D eigenvalue weighted by molar-refractivity contribution is 5.79. The van der Waals surface area contributed by atoms with Gasteiger partial charge in [-0.1, -0.05) is 42.5 Å². The van der Waals surface area contributed by atoms with E-state index in [1.165, 1.54) is 13.0 Å². The second-order valence-electron chi connectivity index (χ2n) is 5.24. The number of hydrogen-bond donors (Lipinski definition) is 2. The molecule has 0 aliphatic rings. The van der Waals surface area contributed by atoms with E-state index in [0.717, 1.165) is 6.07 Å². The van der Waals surface area contributed by atoms with Crippen molar-refractivity contribution >= 4 is 5.91 Å². The summed E-state index contributed by atoms with van der Waals surface area (Å²) in [6, 6.07) is 12.3. The van der Waals surface area contributed by atoms with Crippen molar-refractivity contribution < 1.29 is 18.0 Å². The number of halogens is 3. The van der Waals surface area contributed by atoms with Crippen LogP contribution >= 0.6 is 0 Å². The smallest absolute Gasteiger partial charge is 0.368 e. The maximum absolute atomic E-state index is 13.3. The molecule has 0 saturated heterocycles. The Bertz CT molecular complexity index is 684. The van der Waals surface area contributed by atoms with Crippen molar-refractivity contribution in [2.75, 3.05) is 0 Å². The lowest BCUT2D eigenvalue weighted by atomic mass is 9.98. The molecule has 0 heterocycles. The van der Waals surface area contributed by atoms with E-state index in [2.05, 4.69) is 5.32 Å². The van der Waals surface area contributed by atoms with Gasteiger partial charge in [0.15, 0.2) is 0 Å². The molecule has 0 bridgehead atoms. The number of carbonyl (C=O) groups is 1. The summed E-state index contributed by atoms with van der Waals surface area (Å²) in [6.45, 7) is 1.42. The molecule has 2 aromatic rings. The number of primary amides is 1. The molecule has 2 aromatic carbocycles. The lowest BCUT2D eigenvalue weighted by Crippen LogP contribution is -2.38. The molecule has 1 atom stereocenters. The Kier molecular flexibility index (Phi) is 5.05. The van der Waals surface area contributed by atoms with E-state index in [4.69, 9.17) is 5.73 Å². The molecular formula is C17H17F3N2O. The van der Waals surface area contributed by atoms with Crippen molar-refractivity contribution in [3.8, 4) is 11.1 Å². The number of benzene rings is 2. The Balaban J connectivity index is 2.34. The molecule has 122 valence electrons. The Hall–Kier alpha value is -2.34. The highest BCUT2D eigenvalue weighted by Gasteiger charge is 2.33. The molecule has 0 aromatic heterocycles. The summed E-state index contributed by atoms with van der Waals surface area (Å²) in [6.07, 6.45) is -4.47. The topological polar surface area (TPSA) is 55.1 Å². The van der Waals surface area contributed by atoms with Crippen LogP contribution in [0, 0.1) is 0 Å². The van der Waals surface area contributed by atoms with Crippen molar-refractivity contribution in [3.05, 3.63) is 59.7 Å². The van der Waals surface area contributed by atoms with Crippen LogP contribution in [0.3, 0.4) is 0 Å². The Morgan fingerprint density at radius 1 is 1.13 bits per heavy atom. The molecule has 1 amide bonds. The number of carbonyl (C=O) groups excluding carboxylic acids is 1. The lowest BCUT2D eigenvalue weighted by molar-refractivity contribution is -0.138. The summed E-state index contributed by atoms with van der Waals surface area (Å²) in [7, 11) is 0.